The summed E-state index contributed by atoms with van der Waals surface area (Å²) in [5.41, 5.74) is -0.583. The van der Waals surface area contributed by atoms with Crippen molar-refractivity contribution in [2.45, 2.75) is 40.5 Å². The smallest absolute Gasteiger partial charge is 0.330 e. The molecular weight excluding hydrogens is 208 g/mol. The third kappa shape index (κ3) is 12.7. The first kappa shape index (κ1) is 17.1. The van der Waals surface area contributed by atoms with E-state index in [9.17, 15) is 9.59 Å². The summed E-state index contributed by atoms with van der Waals surface area (Å²) in [6.07, 6.45) is 3.15. The number of aliphatic carboxylic acids is 1. The monoisotopic (exact) mass is 230 g/mol. The number of carboxylic acid groups (broad SMARTS) is 1. The van der Waals surface area contributed by atoms with Crippen LogP contribution in [0.1, 0.15) is 40.5 Å². The summed E-state index contributed by atoms with van der Waals surface area (Å²) in [5, 5.41) is 8.25. The molecule has 0 aromatic carbocycles. The lowest BCUT2D eigenvalue weighted by molar-refractivity contribution is -0.145. The molecule has 0 aliphatic carbocycles. The van der Waals surface area contributed by atoms with Gasteiger partial charge in [-0.25, -0.2) is 4.79 Å². The second kappa shape index (κ2) is 8.95. The summed E-state index contributed by atoms with van der Waals surface area (Å²) in [6.45, 7) is 10.8. The Morgan fingerprint density at radius 3 is 2.06 bits per heavy atom. The van der Waals surface area contributed by atoms with Crippen molar-refractivity contribution in [1.29, 1.82) is 0 Å². The van der Waals surface area contributed by atoms with E-state index >= 15 is 0 Å². The fourth-order valence-corrected chi connectivity index (χ4v) is 0.376. The van der Waals surface area contributed by atoms with Gasteiger partial charge in [-0.2, -0.15) is 0 Å². The van der Waals surface area contributed by atoms with Crippen molar-refractivity contribution in [2.75, 3.05) is 6.61 Å². The van der Waals surface area contributed by atoms with Crippen LogP contribution in [0.3, 0.4) is 0 Å². The van der Waals surface area contributed by atoms with Crippen LogP contribution >= 0.6 is 0 Å². The molecule has 0 heterocycles. The number of ether oxygens (including phenoxy) is 1. The lowest BCUT2D eigenvalue weighted by atomic mass is 9.98. The van der Waals surface area contributed by atoms with Gasteiger partial charge in [0, 0.05) is 6.08 Å². The zero-order valence-electron chi connectivity index (χ0n) is 10.6. The van der Waals surface area contributed by atoms with Crippen molar-refractivity contribution >= 4 is 11.9 Å². The number of hydrogen-bond donors (Lipinski definition) is 1. The molecule has 0 amide bonds. The minimum absolute atomic E-state index is 0.330. The number of rotatable bonds is 4. The number of esters is 1. The second-order valence-electron chi connectivity index (χ2n) is 4.28. The maximum absolute atomic E-state index is 10.3. The number of carbonyl (C=O) groups is 2. The first-order valence-electron chi connectivity index (χ1n) is 5.28. The van der Waals surface area contributed by atoms with Crippen LogP contribution in [0.2, 0.25) is 0 Å². The highest BCUT2D eigenvalue weighted by molar-refractivity contribution is 5.81. The summed E-state index contributed by atoms with van der Waals surface area (Å²) >= 11 is 0. The molecule has 0 fully saturated rings. The molecule has 94 valence electrons. The van der Waals surface area contributed by atoms with Crippen LogP contribution in [0, 0.1) is 5.41 Å². The van der Waals surface area contributed by atoms with Crippen molar-refractivity contribution < 1.29 is 19.4 Å². The lowest BCUT2D eigenvalue weighted by Gasteiger charge is -2.08. The molecule has 0 aromatic heterocycles. The number of carbonyl (C=O) groups excluding carboxylic acids is 1. The molecule has 0 rings (SSSR count). The minimum Gasteiger partial charge on any atom is -0.481 e. The van der Waals surface area contributed by atoms with Crippen molar-refractivity contribution in [1.82, 2.24) is 0 Å². The van der Waals surface area contributed by atoms with E-state index in [1.54, 1.807) is 20.8 Å². The maximum Gasteiger partial charge on any atom is 0.330 e. The van der Waals surface area contributed by atoms with Gasteiger partial charge in [0.25, 0.3) is 0 Å². The summed E-state index contributed by atoms with van der Waals surface area (Å²) in [5.74, 6) is -1.09. The van der Waals surface area contributed by atoms with Crippen LogP contribution in [0.5, 0.6) is 0 Å². The van der Waals surface area contributed by atoms with Gasteiger partial charge in [0.2, 0.25) is 0 Å². The lowest BCUT2D eigenvalue weighted by Crippen LogP contribution is -2.18. The Bertz CT molecular complexity index is 226. The van der Waals surface area contributed by atoms with Crippen LogP contribution in [-0.2, 0) is 14.3 Å². The molecule has 0 aliphatic rings. The predicted molar refractivity (Wildman–Crippen MR) is 63.2 cm³/mol. The third-order valence-electron chi connectivity index (χ3n) is 1.55. The van der Waals surface area contributed by atoms with E-state index in [4.69, 9.17) is 5.11 Å². The van der Waals surface area contributed by atoms with Gasteiger partial charge in [-0.1, -0.05) is 19.9 Å². The molecule has 0 atom stereocenters. The molecule has 0 saturated heterocycles. The van der Waals surface area contributed by atoms with Crippen molar-refractivity contribution in [3.8, 4) is 0 Å². The molecule has 16 heavy (non-hydrogen) atoms. The normalized spacial score (nSPS) is 9.75. The summed E-state index contributed by atoms with van der Waals surface area (Å²) in [4.78, 5) is 20.4. The maximum atomic E-state index is 10.3. The highest BCUT2D eigenvalue weighted by atomic mass is 16.5. The molecule has 0 unspecified atom stereocenters. The Kier molecular flexibility index (Phi) is 9.55. The highest BCUT2D eigenvalue weighted by Gasteiger charge is 2.18. The van der Waals surface area contributed by atoms with Crippen molar-refractivity contribution in [3.05, 3.63) is 12.7 Å². The van der Waals surface area contributed by atoms with Crippen LogP contribution in [-0.4, -0.2) is 23.7 Å². The van der Waals surface area contributed by atoms with Crippen LogP contribution in [0.15, 0.2) is 12.7 Å². The average Bonchev–Trinajstić information content (AvgIpc) is 2.17. The molecule has 0 saturated carbocycles. The topological polar surface area (TPSA) is 63.6 Å². The molecular formula is C12H22O4. The van der Waals surface area contributed by atoms with E-state index in [1.807, 2.05) is 6.92 Å². The Morgan fingerprint density at radius 1 is 1.38 bits per heavy atom. The quantitative estimate of drug-likeness (QED) is 0.458. The molecule has 0 aromatic rings. The second-order valence-corrected chi connectivity index (χ2v) is 4.28. The summed E-state index contributed by atoms with van der Waals surface area (Å²) in [7, 11) is 0. The van der Waals surface area contributed by atoms with E-state index < -0.39 is 11.4 Å². The van der Waals surface area contributed by atoms with Gasteiger partial charge >= 0.3 is 11.9 Å². The fraction of sp³-hybridized carbons (Fsp3) is 0.667. The van der Waals surface area contributed by atoms with Gasteiger partial charge in [0.15, 0.2) is 0 Å². The van der Waals surface area contributed by atoms with E-state index in [2.05, 4.69) is 11.3 Å². The van der Waals surface area contributed by atoms with Gasteiger partial charge in [-0.05, 0) is 27.2 Å². The number of unbranched alkanes of at least 4 members (excludes halogenated alkanes) is 1. The molecule has 0 aliphatic heterocycles. The van der Waals surface area contributed by atoms with Crippen LogP contribution < -0.4 is 0 Å². The van der Waals surface area contributed by atoms with Gasteiger partial charge in [0.1, 0.15) is 0 Å². The largest absolute Gasteiger partial charge is 0.481 e. The Hall–Kier alpha value is -1.32. The first-order chi connectivity index (χ1) is 7.25. The zero-order valence-corrected chi connectivity index (χ0v) is 10.6. The Labute approximate surface area is 97.3 Å². The van der Waals surface area contributed by atoms with Gasteiger partial charge in [-0.15, -0.1) is 0 Å². The minimum atomic E-state index is -0.757. The highest BCUT2D eigenvalue weighted by Crippen LogP contribution is 2.11. The number of hydrogen-bond acceptors (Lipinski definition) is 3. The Morgan fingerprint density at radius 2 is 1.81 bits per heavy atom. The third-order valence-corrected chi connectivity index (χ3v) is 1.55. The van der Waals surface area contributed by atoms with E-state index in [-0.39, 0.29) is 5.97 Å². The average molecular weight is 230 g/mol. The van der Waals surface area contributed by atoms with Crippen molar-refractivity contribution in [2.24, 2.45) is 5.41 Å². The molecule has 1 N–H and O–H groups in total. The Balaban J connectivity index is 0. The van der Waals surface area contributed by atoms with E-state index in [1.165, 1.54) is 6.08 Å². The SMILES string of the molecule is C=CC(=O)OCCCC.CC(C)(C)C(=O)O. The number of carboxylic acids is 1. The molecule has 4 heteroatoms. The van der Waals surface area contributed by atoms with Gasteiger partial charge in [-0.3, -0.25) is 4.79 Å². The predicted octanol–water partition coefficient (Wildman–Crippen LogP) is 2.63. The van der Waals surface area contributed by atoms with E-state index in [0.717, 1.165) is 12.8 Å². The van der Waals surface area contributed by atoms with Crippen molar-refractivity contribution in [3.63, 3.8) is 0 Å². The zero-order chi connectivity index (χ0) is 13.2. The van der Waals surface area contributed by atoms with Crippen LogP contribution in [0.25, 0.3) is 0 Å². The molecule has 0 radical (unpaired) electrons. The van der Waals surface area contributed by atoms with Gasteiger partial charge in [0.05, 0.1) is 12.0 Å². The van der Waals surface area contributed by atoms with Crippen LogP contribution in [0.4, 0.5) is 0 Å². The fourth-order valence-electron chi connectivity index (χ4n) is 0.376. The summed E-state index contributed by atoms with van der Waals surface area (Å²) < 4.78 is 4.67. The molecule has 4 nitrogen and oxygen atoms in total. The summed E-state index contributed by atoms with van der Waals surface area (Å²) in [6, 6.07) is 0. The first-order valence-corrected chi connectivity index (χ1v) is 5.28. The molecule has 0 spiro atoms. The van der Waals surface area contributed by atoms with E-state index in [0.29, 0.717) is 6.61 Å². The molecule has 0 bridgehead atoms. The standard InChI is InChI=1S/C7H12O2.C5H10O2/c1-3-5-6-9-7(8)4-2;1-5(2,3)4(6)7/h4H,2-3,5-6H2,1H3;1-3H3,(H,6,7). The van der Waals surface area contributed by atoms with Gasteiger partial charge < -0.3 is 9.84 Å².